The topological polar surface area (TPSA) is 50.7 Å². The van der Waals surface area contributed by atoms with Crippen molar-refractivity contribution < 1.29 is 9.53 Å². The summed E-state index contributed by atoms with van der Waals surface area (Å²) in [7, 11) is 0. The van der Waals surface area contributed by atoms with Crippen LogP contribution in [0, 0.1) is 0 Å². The summed E-state index contributed by atoms with van der Waals surface area (Å²) >= 11 is 5.89. The van der Waals surface area contributed by atoms with Gasteiger partial charge in [-0.3, -0.25) is 4.79 Å². The first-order valence-electron chi connectivity index (χ1n) is 8.11. The molecule has 3 rings (SSSR count). The Hall–Kier alpha value is -2.59. The molecule has 1 aliphatic heterocycles. The number of carbonyl (C=O) groups is 1. The summed E-state index contributed by atoms with van der Waals surface area (Å²) in [6, 6.07) is 15.1. The molecule has 2 aromatic rings. The highest BCUT2D eigenvalue weighted by Crippen LogP contribution is 2.18. The van der Waals surface area contributed by atoms with Crippen molar-refractivity contribution in [3.8, 4) is 5.75 Å². The Balaban J connectivity index is 1.72. The fourth-order valence-electron chi connectivity index (χ4n) is 2.47. The molecule has 0 bridgehead atoms. The van der Waals surface area contributed by atoms with E-state index in [2.05, 4.69) is 10.3 Å². The zero-order valence-corrected chi connectivity index (χ0v) is 14.9. The molecule has 0 aromatic heterocycles. The quantitative estimate of drug-likeness (QED) is 0.816. The molecule has 0 atom stereocenters. The zero-order chi connectivity index (χ0) is 17.8. The third kappa shape index (κ3) is 4.70. The van der Waals surface area contributed by atoms with Crippen molar-refractivity contribution in [3.63, 3.8) is 0 Å². The predicted molar refractivity (Wildman–Crippen MR) is 101 cm³/mol. The van der Waals surface area contributed by atoms with E-state index in [0.29, 0.717) is 23.0 Å². The lowest BCUT2D eigenvalue weighted by molar-refractivity contribution is -0.115. The standard InChI is InChI=1S/C20H19ClN2O2/c1-13(2)25-17-9-5-14(6-10-17)11-18-20(24)23-19(22-18)12-15-3-7-16(21)8-4-15/h3-11,13H,12H2,1-2H3,(H,22,23,24)/b18-11+. The van der Waals surface area contributed by atoms with Crippen LogP contribution in [0.5, 0.6) is 5.75 Å². The average molecular weight is 355 g/mol. The molecule has 1 amide bonds. The van der Waals surface area contributed by atoms with Crippen molar-refractivity contribution >= 4 is 29.4 Å². The Kier molecular flexibility index (Phi) is 5.19. The normalized spacial score (nSPS) is 15.4. The summed E-state index contributed by atoms with van der Waals surface area (Å²) in [5.74, 6) is 1.25. The smallest absolute Gasteiger partial charge is 0.275 e. The third-order valence-corrected chi connectivity index (χ3v) is 3.84. The molecular weight excluding hydrogens is 336 g/mol. The second-order valence-corrected chi connectivity index (χ2v) is 6.52. The zero-order valence-electron chi connectivity index (χ0n) is 14.1. The molecule has 0 spiro atoms. The van der Waals surface area contributed by atoms with Gasteiger partial charge in [0.1, 0.15) is 17.3 Å². The van der Waals surface area contributed by atoms with Gasteiger partial charge in [0.15, 0.2) is 0 Å². The highest BCUT2D eigenvalue weighted by molar-refractivity contribution is 6.30. The van der Waals surface area contributed by atoms with Crippen LogP contribution in [0.3, 0.4) is 0 Å². The molecule has 0 saturated heterocycles. The molecule has 1 aliphatic rings. The number of amides is 1. The van der Waals surface area contributed by atoms with Gasteiger partial charge in [0.05, 0.1) is 6.10 Å². The van der Waals surface area contributed by atoms with Gasteiger partial charge in [-0.15, -0.1) is 0 Å². The van der Waals surface area contributed by atoms with E-state index >= 15 is 0 Å². The minimum absolute atomic E-state index is 0.129. The average Bonchev–Trinajstić information content (AvgIpc) is 2.90. The lowest BCUT2D eigenvalue weighted by Crippen LogP contribution is -2.25. The Bertz CT molecular complexity index is 822. The number of nitrogens with one attached hydrogen (secondary N) is 1. The molecule has 5 heteroatoms. The van der Waals surface area contributed by atoms with Crippen LogP contribution < -0.4 is 10.1 Å². The first kappa shape index (κ1) is 17.2. The van der Waals surface area contributed by atoms with E-state index in [-0.39, 0.29) is 12.0 Å². The van der Waals surface area contributed by atoms with Gasteiger partial charge in [0.2, 0.25) is 0 Å². The van der Waals surface area contributed by atoms with Crippen LogP contribution >= 0.6 is 11.6 Å². The molecule has 0 unspecified atom stereocenters. The number of hydrogen-bond acceptors (Lipinski definition) is 3. The second kappa shape index (κ2) is 7.53. The van der Waals surface area contributed by atoms with Crippen LogP contribution in [0.1, 0.15) is 25.0 Å². The fraction of sp³-hybridized carbons (Fsp3) is 0.200. The number of rotatable bonds is 5. The van der Waals surface area contributed by atoms with Crippen LogP contribution in [0.25, 0.3) is 6.08 Å². The van der Waals surface area contributed by atoms with Crippen molar-refractivity contribution in [2.75, 3.05) is 0 Å². The maximum Gasteiger partial charge on any atom is 0.275 e. The molecule has 0 fully saturated rings. The molecule has 4 nitrogen and oxygen atoms in total. The Morgan fingerprint density at radius 3 is 2.44 bits per heavy atom. The maximum absolute atomic E-state index is 12.1. The lowest BCUT2D eigenvalue weighted by atomic mass is 10.1. The van der Waals surface area contributed by atoms with Crippen molar-refractivity contribution in [1.29, 1.82) is 0 Å². The van der Waals surface area contributed by atoms with E-state index in [1.807, 2.05) is 62.4 Å². The highest BCUT2D eigenvalue weighted by atomic mass is 35.5. The minimum Gasteiger partial charge on any atom is -0.491 e. The third-order valence-electron chi connectivity index (χ3n) is 3.59. The SMILES string of the molecule is CC(C)Oc1ccc(/C=C2/N=C(Cc3ccc(Cl)cc3)NC2=O)cc1. The number of aliphatic imine (C=N–C) groups is 1. The number of hydrogen-bond donors (Lipinski definition) is 1. The molecule has 2 aromatic carbocycles. The summed E-state index contributed by atoms with van der Waals surface area (Å²) in [5.41, 5.74) is 2.35. The number of ether oxygens (including phenoxy) is 1. The molecule has 0 aliphatic carbocycles. The van der Waals surface area contributed by atoms with E-state index < -0.39 is 0 Å². The number of benzene rings is 2. The Morgan fingerprint density at radius 2 is 1.80 bits per heavy atom. The van der Waals surface area contributed by atoms with E-state index in [1.54, 1.807) is 6.08 Å². The molecule has 0 radical (unpaired) electrons. The van der Waals surface area contributed by atoms with Gasteiger partial charge in [-0.2, -0.15) is 0 Å². The van der Waals surface area contributed by atoms with Gasteiger partial charge in [-0.1, -0.05) is 35.9 Å². The van der Waals surface area contributed by atoms with Gasteiger partial charge in [0, 0.05) is 11.4 Å². The monoisotopic (exact) mass is 354 g/mol. The summed E-state index contributed by atoms with van der Waals surface area (Å²) in [6.07, 6.45) is 2.45. The van der Waals surface area contributed by atoms with Crippen LogP contribution in [-0.2, 0) is 11.2 Å². The van der Waals surface area contributed by atoms with Crippen molar-refractivity contribution in [2.45, 2.75) is 26.4 Å². The summed E-state index contributed by atoms with van der Waals surface area (Å²) in [4.78, 5) is 16.5. The van der Waals surface area contributed by atoms with Gasteiger partial charge in [0.25, 0.3) is 5.91 Å². The van der Waals surface area contributed by atoms with Crippen LogP contribution in [-0.4, -0.2) is 17.8 Å². The molecule has 128 valence electrons. The number of carbonyl (C=O) groups excluding carboxylic acids is 1. The van der Waals surface area contributed by atoms with Crippen LogP contribution in [0.4, 0.5) is 0 Å². The number of nitrogens with zero attached hydrogens (tertiary/aromatic N) is 1. The Morgan fingerprint density at radius 1 is 1.12 bits per heavy atom. The Labute approximate surface area is 152 Å². The second-order valence-electron chi connectivity index (χ2n) is 6.08. The van der Waals surface area contributed by atoms with Crippen molar-refractivity contribution in [2.24, 2.45) is 4.99 Å². The molecule has 0 saturated carbocycles. The lowest BCUT2D eigenvalue weighted by Gasteiger charge is -2.09. The van der Waals surface area contributed by atoms with Crippen molar-refractivity contribution in [1.82, 2.24) is 5.32 Å². The van der Waals surface area contributed by atoms with E-state index in [4.69, 9.17) is 16.3 Å². The van der Waals surface area contributed by atoms with Gasteiger partial charge in [-0.25, -0.2) is 4.99 Å². The van der Waals surface area contributed by atoms with E-state index in [0.717, 1.165) is 16.9 Å². The molecule has 1 N–H and O–H groups in total. The van der Waals surface area contributed by atoms with Crippen LogP contribution in [0.2, 0.25) is 5.02 Å². The number of halogens is 1. The summed E-state index contributed by atoms with van der Waals surface area (Å²) in [5, 5.41) is 3.50. The minimum atomic E-state index is -0.188. The first-order valence-corrected chi connectivity index (χ1v) is 8.49. The van der Waals surface area contributed by atoms with E-state index in [9.17, 15) is 4.79 Å². The largest absolute Gasteiger partial charge is 0.491 e. The van der Waals surface area contributed by atoms with Crippen LogP contribution in [0.15, 0.2) is 59.2 Å². The molecular formula is C20H19ClN2O2. The van der Waals surface area contributed by atoms with Gasteiger partial charge < -0.3 is 10.1 Å². The van der Waals surface area contributed by atoms with E-state index in [1.165, 1.54) is 0 Å². The predicted octanol–water partition coefficient (Wildman–Crippen LogP) is 4.24. The fourth-order valence-corrected chi connectivity index (χ4v) is 2.60. The van der Waals surface area contributed by atoms with Gasteiger partial charge >= 0.3 is 0 Å². The number of amidine groups is 1. The summed E-state index contributed by atoms with van der Waals surface area (Å²) in [6.45, 7) is 3.96. The van der Waals surface area contributed by atoms with Crippen molar-refractivity contribution in [3.05, 3.63) is 70.4 Å². The summed E-state index contributed by atoms with van der Waals surface area (Å²) < 4.78 is 5.62. The molecule has 1 heterocycles. The molecule has 25 heavy (non-hydrogen) atoms. The maximum atomic E-state index is 12.1. The van der Waals surface area contributed by atoms with Gasteiger partial charge in [-0.05, 0) is 55.3 Å². The highest BCUT2D eigenvalue weighted by Gasteiger charge is 2.19. The first-order chi connectivity index (χ1) is 12.0.